The molecule has 0 heteroatoms. The van der Waals surface area contributed by atoms with Crippen molar-refractivity contribution in [2.45, 2.75) is 246 Å². The first-order chi connectivity index (χ1) is 21.7. The van der Waals surface area contributed by atoms with E-state index in [0.717, 1.165) is 31.6 Å². The molecule has 0 heterocycles. The van der Waals surface area contributed by atoms with Gasteiger partial charge < -0.3 is 0 Å². The SMILES string of the molecule is CC.CC(C)C.CCC.CCCC.CCCCC.[2H]C(C)(C)C.[2H]C([2H])(C)C1CCCC1.[2H]C([2H])(C)C1CCCCC1.[2H]C([2H])(C)CC. The monoisotopic (exact) mass is 596 g/mol. The quantitative estimate of drug-likeness (QED) is 0.286. The van der Waals surface area contributed by atoms with Crippen LogP contribution in [0.1, 0.15) is 256 Å². The molecule has 2 rings (SSSR count). The second kappa shape index (κ2) is 63.3. The maximum Gasteiger partial charge on any atom is 0.0294 e. The van der Waals surface area contributed by atoms with Gasteiger partial charge in [0.2, 0.25) is 0 Å². The zero-order chi connectivity index (χ0) is 40.0. The fourth-order valence-electron chi connectivity index (χ4n) is 2.96. The normalized spacial score (nSPS) is 17.3. The Labute approximate surface area is 279 Å². The van der Waals surface area contributed by atoms with Crippen LogP contribution in [-0.4, -0.2) is 0 Å². The first-order valence-electron chi connectivity index (χ1n) is 21.7. The molecule has 0 saturated heterocycles. The fourth-order valence-corrected chi connectivity index (χ4v) is 2.96. The van der Waals surface area contributed by atoms with Crippen molar-refractivity contribution in [2.75, 3.05) is 0 Å². The van der Waals surface area contributed by atoms with Crippen LogP contribution in [-0.2, 0) is 0 Å². The van der Waals surface area contributed by atoms with E-state index in [1.54, 1.807) is 20.8 Å². The zero-order valence-electron chi connectivity index (χ0n) is 40.0. The zero-order valence-corrected chi connectivity index (χ0v) is 33.0. The Kier molecular flexibility index (Phi) is 60.3. The van der Waals surface area contributed by atoms with Gasteiger partial charge in [0.1, 0.15) is 0 Å². The van der Waals surface area contributed by atoms with Crippen LogP contribution in [0.3, 0.4) is 0 Å². The van der Waals surface area contributed by atoms with Crippen molar-refractivity contribution >= 4 is 0 Å². The molecule has 2 aliphatic rings. The van der Waals surface area contributed by atoms with E-state index in [9.17, 15) is 0 Å². The maximum absolute atomic E-state index is 7.49. The molecule has 0 nitrogen and oxygen atoms in total. The summed E-state index contributed by atoms with van der Waals surface area (Å²) in [6.07, 6.45) is 16.4. The summed E-state index contributed by atoms with van der Waals surface area (Å²) >= 11 is 0. The van der Waals surface area contributed by atoms with Crippen LogP contribution in [0.4, 0.5) is 0 Å². The van der Waals surface area contributed by atoms with Crippen molar-refractivity contribution in [3.05, 3.63) is 0 Å². The number of rotatable bonds is 6. The lowest BCUT2D eigenvalue weighted by Crippen LogP contribution is -2.03. The number of hydrogen-bond acceptors (Lipinski definition) is 0. The molecule has 0 radical (unpaired) electrons. The van der Waals surface area contributed by atoms with Gasteiger partial charge in [0.25, 0.3) is 0 Å². The highest BCUT2D eigenvalue weighted by atomic mass is 14.2. The molecule has 0 bridgehead atoms. The minimum Gasteiger partial charge on any atom is -0.0683 e. The van der Waals surface area contributed by atoms with Crippen molar-refractivity contribution < 1.29 is 9.60 Å². The Hall–Kier alpha value is 0. The summed E-state index contributed by atoms with van der Waals surface area (Å²) in [7, 11) is 0. The molecule has 0 aromatic carbocycles. The lowest BCUT2D eigenvalue weighted by molar-refractivity contribution is 0.349. The molecule has 0 unspecified atom stereocenters. The molecular formula is C41H96. The first-order valence-corrected chi connectivity index (χ1v) is 18.2. The molecule has 260 valence electrons. The van der Waals surface area contributed by atoms with Gasteiger partial charge in [-0.15, -0.1) is 0 Å². The molecule has 0 atom stereocenters. The Morgan fingerprint density at radius 3 is 0.829 bits per heavy atom. The van der Waals surface area contributed by atoms with Gasteiger partial charge in [-0.1, -0.05) is 246 Å². The summed E-state index contributed by atoms with van der Waals surface area (Å²) in [5.74, 6) is 1.26. The smallest absolute Gasteiger partial charge is 0.0294 e. The maximum atomic E-state index is 7.49. The minimum absolute atomic E-state index is 0.250. The Morgan fingerprint density at radius 1 is 0.512 bits per heavy atom. The Balaban J connectivity index is -0.0000000821. The highest BCUT2D eigenvalue weighted by molar-refractivity contribution is 4.64. The molecule has 2 fully saturated rings. The van der Waals surface area contributed by atoms with Gasteiger partial charge in [0.15, 0.2) is 0 Å². The van der Waals surface area contributed by atoms with Crippen LogP contribution in [0, 0.1) is 23.6 Å². The molecule has 0 aromatic rings. The standard InChI is InChI=1S/C8H16.C7H14.C5H12.4C4H10.C3H8.C2H6/c1-2-8-6-4-3-5-7-8;1-2-7-5-3-4-6-7;1-3-5-4-2;2*1-4(2)3;2*1-3-4-2;1-3-2;1-2/h8H,2-7H2,1H3;7H,2-6H2,1H3;3-5H2,1-2H3;2*4H,1-3H3;2*3-4H2,1-2H3;3H2,1-2H3;1-2H3/i2*2D2;;4D;;3D2;;;. The lowest BCUT2D eigenvalue weighted by Gasteiger charge is -2.18. The van der Waals surface area contributed by atoms with Crippen molar-refractivity contribution in [3.8, 4) is 0 Å². The average Bonchev–Trinajstić information content (AvgIpc) is 3.51. The lowest BCUT2D eigenvalue weighted by atomic mass is 9.88. The third-order valence-corrected chi connectivity index (χ3v) is 5.34. The summed E-state index contributed by atoms with van der Waals surface area (Å²) in [6.45, 7) is 35.9. The predicted molar refractivity (Wildman–Crippen MR) is 204 cm³/mol. The minimum atomic E-state index is -0.958. The highest BCUT2D eigenvalue weighted by Crippen LogP contribution is 2.26. The van der Waals surface area contributed by atoms with Crippen molar-refractivity contribution in [3.63, 3.8) is 0 Å². The van der Waals surface area contributed by atoms with E-state index >= 15 is 0 Å². The van der Waals surface area contributed by atoms with Gasteiger partial charge in [0, 0.05) is 9.60 Å². The summed E-state index contributed by atoms with van der Waals surface area (Å²) in [5.41, 5.74) is 0. The van der Waals surface area contributed by atoms with E-state index in [-0.39, 0.29) is 5.89 Å². The third-order valence-electron chi connectivity index (χ3n) is 5.34. The van der Waals surface area contributed by atoms with Crippen molar-refractivity contribution in [1.29, 1.82) is 0 Å². The number of hydrogen-bond donors (Lipinski definition) is 0. The topological polar surface area (TPSA) is 0 Å². The average molecular weight is 596 g/mol. The van der Waals surface area contributed by atoms with Crippen molar-refractivity contribution in [1.82, 2.24) is 0 Å². The largest absolute Gasteiger partial charge is 0.0683 e. The van der Waals surface area contributed by atoms with E-state index in [4.69, 9.17) is 9.60 Å². The Bertz CT molecular complexity index is 514. The van der Waals surface area contributed by atoms with E-state index in [1.165, 1.54) is 70.6 Å². The van der Waals surface area contributed by atoms with Crippen molar-refractivity contribution in [2.24, 2.45) is 23.6 Å². The Morgan fingerprint density at radius 2 is 0.732 bits per heavy atom. The van der Waals surface area contributed by atoms with Crippen LogP contribution in [0.2, 0.25) is 0 Å². The van der Waals surface area contributed by atoms with E-state index in [0.29, 0.717) is 18.3 Å². The second-order valence-electron chi connectivity index (χ2n) is 11.9. The molecule has 0 spiro atoms. The van der Waals surface area contributed by atoms with E-state index in [1.807, 2.05) is 41.5 Å². The van der Waals surface area contributed by atoms with E-state index < -0.39 is 19.1 Å². The van der Waals surface area contributed by atoms with Gasteiger partial charge in [0.05, 0.1) is 0 Å². The number of unbranched alkanes of at least 4 members (excludes halogenated alkanes) is 3. The van der Waals surface area contributed by atoms with Gasteiger partial charge in [-0.05, 0) is 23.6 Å². The molecule has 0 aliphatic heterocycles. The van der Waals surface area contributed by atoms with Crippen LogP contribution in [0.5, 0.6) is 0 Å². The molecule has 41 heavy (non-hydrogen) atoms. The molecule has 0 N–H and O–H groups in total. The molecule has 0 aromatic heterocycles. The second-order valence-corrected chi connectivity index (χ2v) is 11.9. The highest BCUT2D eigenvalue weighted by Gasteiger charge is 2.11. The van der Waals surface area contributed by atoms with Gasteiger partial charge in [-0.2, -0.15) is 0 Å². The summed E-state index contributed by atoms with van der Waals surface area (Å²) in [4.78, 5) is 0. The van der Waals surface area contributed by atoms with Gasteiger partial charge in [-0.3, -0.25) is 0 Å². The van der Waals surface area contributed by atoms with E-state index in [2.05, 4.69) is 62.3 Å². The fraction of sp³-hybridized carbons (Fsp3) is 1.00. The molecular weight excluding hydrogens is 492 g/mol. The first kappa shape index (κ1) is 39.0. The predicted octanol–water partition coefficient (Wildman–Crippen LogP) is 17.1. The van der Waals surface area contributed by atoms with Crippen LogP contribution >= 0.6 is 0 Å². The molecule has 2 aliphatic carbocycles. The van der Waals surface area contributed by atoms with Crippen LogP contribution in [0.25, 0.3) is 0 Å². The molecule has 0 amide bonds. The summed E-state index contributed by atoms with van der Waals surface area (Å²) < 4.78 is 50.4. The van der Waals surface area contributed by atoms with Gasteiger partial charge in [-0.25, -0.2) is 0 Å². The van der Waals surface area contributed by atoms with Gasteiger partial charge >= 0.3 is 0 Å². The summed E-state index contributed by atoms with van der Waals surface area (Å²) in [6, 6.07) is 0. The summed E-state index contributed by atoms with van der Waals surface area (Å²) in [5, 5.41) is 0. The molecule has 2 saturated carbocycles. The van der Waals surface area contributed by atoms with Crippen LogP contribution in [0.15, 0.2) is 0 Å². The van der Waals surface area contributed by atoms with Crippen LogP contribution < -0.4 is 0 Å². The third kappa shape index (κ3) is 109.